The van der Waals surface area contributed by atoms with Crippen LogP contribution >= 0.6 is 0 Å². The number of H-pyrrole nitrogens is 2. The normalized spacial score (nSPS) is 13.9. The predicted molar refractivity (Wildman–Crippen MR) is 179 cm³/mol. The van der Waals surface area contributed by atoms with Crippen LogP contribution in [0.15, 0.2) is 61.1 Å². The number of halogens is 1. The van der Waals surface area contributed by atoms with Gasteiger partial charge in [0, 0.05) is 42.6 Å². The van der Waals surface area contributed by atoms with Gasteiger partial charge in [0.05, 0.1) is 34.3 Å². The Kier molecular flexibility index (Phi) is 8.10. The van der Waals surface area contributed by atoms with Crippen LogP contribution in [0.5, 0.6) is 5.75 Å². The van der Waals surface area contributed by atoms with E-state index in [1.165, 1.54) is 25.0 Å². The predicted octanol–water partition coefficient (Wildman–Crippen LogP) is 6.61. The number of ether oxygens (including phenoxy) is 1. The van der Waals surface area contributed by atoms with Crippen molar-refractivity contribution in [1.82, 2.24) is 40.0 Å². The minimum absolute atomic E-state index is 0.0739. The average molecular weight is 634 g/mol. The highest BCUT2D eigenvalue weighted by atomic mass is 19.1. The van der Waals surface area contributed by atoms with Gasteiger partial charge >= 0.3 is 0 Å². The lowest BCUT2D eigenvalue weighted by atomic mass is 9.92. The second kappa shape index (κ2) is 12.5. The molecule has 7 rings (SSSR count). The topological polar surface area (TPSA) is 138 Å². The number of aromatic nitrogens is 7. The number of hydrogen-bond donors (Lipinski definition) is 3. The molecule has 6 aromatic rings. The Morgan fingerprint density at radius 1 is 0.979 bits per heavy atom. The lowest BCUT2D eigenvalue weighted by Crippen LogP contribution is -2.25. The number of rotatable bonds is 9. The Labute approximate surface area is 271 Å². The van der Waals surface area contributed by atoms with E-state index in [-0.39, 0.29) is 11.3 Å². The van der Waals surface area contributed by atoms with Crippen molar-refractivity contribution in [3.8, 4) is 39.8 Å². The van der Waals surface area contributed by atoms with E-state index in [4.69, 9.17) is 14.7 Å². The first kappa shape index (κ1) is 30.4. The van der Waals surface area contributed by atoms with Crippen molar-refractivity contribution in [3.63, 3.8) is 0 Å². The summed E-state index contributed by atoms with van der Waals surface area (Å²) in [7, 11) is 0. The lowest BCUT2D eigenvalue weighted by molar-refractivity contribution is -0.117. The number of pyridine rings is 3. The second-order valence-corrected chi connectivity index (χ2v) is 13.1. The lowest BCUT2D eigenvalue weighted by Gasteiger charge is -2.17. The number of aromatic amines is 2. The van der Waals surface area contributed by atoms with E-state index >= 15 is 0 Å². The minimum atomic E-state index is -0.407. The number of carbonyl (C=O) groups is 1. The molecule has 0 bridgehead atoms. The number of nitrogens with zero attached hydrogens (tertiary/aromatic N) is 6. The molecule has 0 atom stereocenters. The van der Waals surface area contributed by atoms with Crippen LogP contribution in [0, 0.1) is 11.2 Å². The summed E-state index contributed by atoms with van der Waals surface area (Å²) in [5.74, 6) is 0.465. The SMILES string of the molecule is CC(C)(C)CC(=O)Nc1cncc(-c2ccc3[nH]nc(-c4nc5c(-c6cc(F)cc(OCCN7CCCC7)c6)nccc5[nH]4)c3n2)c1. The summed E-state index contributed by atoms with van der Waals surface area (Å²) >= 11 is 0. The zero-order chi connectivity index (χ0) is 32.5. The standard InChI is InChI=1S/C35H36FN9O2/c1-35(2,3)18-29(46)39-24-15-22(19-37-20-24)26-6-7-28-32(40-26)33(44-43-28)34-41-27-8-9-38-30(31(27)42-34)21-14-23(36)17-25(16-21)47-13-12-45-10-4-5-11-45/h6-9,14-17,19-20H,4-5,10-13,18H2,1-3H3,(H,39,46)(H,41,42)(H,43,44). The molecule has 0 aliphatic carbocycles. The quantitative estimate of drug-likeness (QED) is 0.162. The molecule has 47 heavy (non-hydrogen) atoms. The Morgan fingerprint density at radius 2 is 1.81 bits per heavy atom. The maximum atomic E-state index is 14.8. The number of carbonyl (C=O) groups excluding carboxylic acids is 1. The first-order valence-electron chi connectivity index (χ1n) is 15.8. The van der Waals surface area contributed by atoms with Gasteiger partial charge in [-0.15, -0.1) is 0 Å². The van der Waals surface area contributed by atoms with Crippen LogP contribution in [0.4, 0.5) is 10.1 Å². The summed E-state index contributed by atoms with van der Waals surface area (Å²) in [4.78, 5) is 36.9. The third-order valence-corrected chi connectivity index (χ3v) is 8.06. The van der Waals surface area contributed by atoms with E-state index in [1.54, 1.807) is 24.7 Å². The smallest absolute Gasteiger partial charge is 0.224 e. The van der Waals surface area contributed by atoms with Crippen molar-refractivity contribution in [3.05, 3.63) is 66.9 Å². The van der Waals surface area contributed by atoms with Gasteiger partial charge in [-0.25, -0.2) is 14.4 Å². The molecular formula is C35H36FN9O2. The highest BCUT2D eigenvalue weighted by Gasteiger charge is 2.20. The third-order valence-electron chi connectivity index (χ3n) is 8.06. The van der Waals surface area contributed by atoms with Crippen LogP contribution in [-0.2, 0) is 4.79 Å². The van der Waals surface area contributed by atoms with E-state index in [9.17, 15) is 9.18 Å². The molecule has 1 aliphatic heterocycles. The number of likely N-dealkylation sites (tertiary alicyclic amines) is 1. The molecule has 3 N–H and O–H groups in total. The average Bonchev–Trinajstić information content (AvgIpc) is 3.79. The molecule has 1 saturated heterocycles. The summed E-state index contributed by atoms with van der Waals surface area (Å²) in [6.45, 7) is 9.52. The molecule has 6 heterocycles. The van der Waals surface area contributed by atoms with E-state index < -0.39 is 5.82 Å². The van der Waals surface area contributed by atoms with Gasteiger partial charge in [0.2, 0.25) is 5.91 Å². The molecule has 12 heteroatoms. The molecule has 5 aromatic heterocycles. The van der Waals surface area contributed by atoms with E-state index in [2.05, 4.69) is 35.4 Å². The van der Waals surface area contributed by atoms with Crippen molar-refractivity contribution >= 4 is 33.7 Å². The van der Waals surface area contributed by atoms with Gasteiger partial charge in [-0.05, 0) is 67.7 Å². The van der Waals surface area contributed by atoms with E-state index in [0.717, 1.165) is 36.2 Å². The van der Waals surface area contributed by atoms with Gasteiger partial charge in [0.25, 0.3) is 0 Å². The van der Waals surface area contributed by atoms with Gasteiger partial charge in [-0.3, -0.25) is 24.8 Å². The summed E-state index contributed by atoms with van der Waals surface area (Å²) < 4.78 is 20.7. The van der Waals surface area contributed by atoms with Gasteiger partial charge in [0.1, 0.15) is 29.2 Å². The molecular weight excluding hydrogens is 597 g/mol. The van der Waals surface area contributed by atoms with Gasteiger partial charge in [-0.1, -0.05) is 20.8 Å². The van der Waals surface area contributed by atoms with Crippen LogP contribution in [0.2, 0.25) is 0 Å². The fourth-order valence-corrected chi connectivity index (χ4v) is 5.90. The molecule has 0 unspecified atom stereocenters. The number of imidazole rings is 1. The molecule has 1 amide bonds. The van der Waals surface area contributed by atoms with Crippen LogP contribution in [0.1, 0.15) is 40.0 Å². The second-order valence-electron chi connectivity index (χ2n) is 13.1. The van der Waals surface area contributed by atoms with Crippen molar-refractivity contribution in [2.75, 3.05) is 31.6 Å². The molecule has 1 aliphatic rings. The Bertz CT molecular complexity index is 2080. The van der Waals surface area contributed by atoms with Crippen LogP contribution < -0.4 is 10.1 Å². The van der Waals surface area contributed by atoms with E-state index in [0.29, 0.717) is 64.0 Å². The maximum absolute atomic E-state index is 14.8. The van der Waals surface area contributed by atoms with Crippen LogP contribution in [-0.4, -0.2) is 72.2 Å². The van der Waals surface area contributed by atoms with Crippen molar-refractivity contribution < 1.29 is 13.9 Å². The zero-order valence-electron chi connectivity index (χ0n) is 26.6. The largest absolute Gasteiger partial charge is 0.492 e. The summed E-state index contributed by atoms with van der Waals surface area (Å²) in [5.41, 5.74) is 6.13. The highest BCUT2D eigenvalue weighted by molar-refractivity contribution is 5.95. The van der Waals surface area contributed by atoms with Gasteiger partial charge in [0.15, 0.2) is 11.5 Å². The first-order valence-corrected chi connectivity index (χ1v) is 15.8. The summed E-state index contributed by atoms with van der Waals surface area (Å²) in [5, 5.41) is 10.5. The first-order chi connectivity index (χ1) is 22.7. The highest BCUT2D eigenvalue weighted by Crippen LogP contribution is 2.33. The Hall–Kier alpha value is -5.23. The Morgan fingerprint density at radius 3 is 2.64 bits per heavy atom. The molecule has 11 nitrogen and oxygen atoms in total. The number of anilines is 1. The Balaban J connectivity index is 1.17. The van der Waals surface area contributed by atoms with Crippen molar-refractivity contribution in [2.45, 2.75) is 40.0 Å². The molecule has 0 spiro atoms. The number of benzene rings is 1. The maximum Gasteiger partial charge on any atom is 0.224 e. The number of fused-ring (bicyclic) bond motifs is 2. The molecule has 1 aromatic carbocycles. The molecule has 0 saturated carbocycles. The fourth-order valence-electron chi connectivity index (χ4n) is 5.90. The molecule has 240 valence electrons. The third kappa shape index (κ3) is 6.82. The van der Waals surface area contributed by atoms with Crippen molar-refractivity contribution in [1.29, 1.82) is 0 Å². The number of hydrogen-bond acceptors (Lipinski definition) is 8. The monoisotopic (exact) mass is 633 g/mol. The van der Waals surface area contributed by atoms with Gasteiger partial charge in [-0.2, -0.15) is 5.10 Å². The van der Waals surface area contributed by atoms with E-state index in [1.807, 2.05) is 45.0 Å². The zero-order valence-corrected chi connectivity index (χ0v) is 26.6. The minimum Gasteiger partial charge on any atom is -0.492 e. The van der Waals surface area contributed by atoms with Gasteiger partial charge < -0.3 is 15.0 Å². The number of amides is 1. The molecule has 1 fully saturated rings. The summed E-state index contributed by atoms with van der Waals surface area (Å²) in [6.07, 6.45) is 7.80. The fraction of sp³-hybridized carbons (Fsp3) is 0.314. The summed E-state index contributed by atoms with van der Waals surface area (Å²) in [6, 6.07) is 12.1. The number of nitrogens with one attached hydrogen (secondary N) is 3. The van der Waals surface area contributed by atoms with Crippen LogP contribution in [0.25, 0.3) is 56.1 Å². The van der Waals surface area contributed by atoms with Crippen molar-refractivity contribution in [2.24, 2.45) is 5.41 Å². The van der Waals surface area contributed by atoms with Crippen LogP contribution in [0.3, 0.4) is 0 Å². The molecule has 0 radical (unpaired) electrons.